The lowest BCUT2D eigenvalue weighted by Gasteiger charge is -2.04. The molecule has 0 saturated heterocycles. The molecule has 80 valence electrons. The monoisotopic (exact) mass is 223 g/mol. The van der Waals surface area contributed by atoms with Crippen LogP contribution in [0.25, 0.3) is 0 Å². The van der Waals surface area contributed by atoms with E-state index in [9.17, 15) is 4.79 Å². The minimum atomic E-state index is 0.0625. The van der Waals surface area contributed by atoms with Crippen molar-refractivity contribution in [2.24, 2.45) is 0 Å². The lowest BCUT2D eigenvalue weighted by molar-refractivity contribution is -0.118. The number of anilines is 1. The fourth-order valence-electron chi connectivity index (χ4n) is 1.15. The summed E-state index contributed by atoms with van der Waals surface area (Å²) in [6.45, 7) is 0. The summed E-state index contributed by atoms with van der Waals surface area (Å²) < 4.78 is 0. The molecule has 0 radical (unpaired) electrons. The third-order valence-electron chi connectivity index (χ3n) is 2.08. The molecular weight excluding hydrogens is 210 g/mol. The van der Waals surface area contributed by atoms with Gasteiger partial charge in [0, 0.05) is 12.2 Å². The average molecular weight is 223 g/mol. The Morgan fingerprint density at radius 3 is 3.13 bits per heavy atom. The fourth-order valence-corrected chi connectivity index (χ4v) is 1.88. The summed E-state index contributed by atoms with van der Waals surface area (Å²) in [5, 5.41) is 3.64. The number of pyridine rings is 1. The minimum absolute atomic E-state index is 0.0625. The van der Waals surface area contributed by atoms with Gasteiger partial charge in [-0.1, -0.05) is 11.8 Å². The Morgan fingerprint density at radius 1 is 1.67 bits per heavy atom. The van der Waals surface area contributed by atoms with Gasteiger partial charge >= 0.3 is 0 Å². The Kier molecular flexibility index (Phi) is 3.11. The van der Waals surface area contributed by atoms with E-state index in [0.717, 1.165) is 17.9 Å². The van der Waals surface area contributed by atoms with Crippen molar-refractivity contribution in [1.82, 2.24) is 10.3 Å². The number of thioether (sulfide) groups is 1. The Bertz CT molecular complexity index is 365. The molecule has 1 aromatic heterocycles. The molecule has 3 N–H and O–H groups in total. The number of nitrogen functional groups attached to an aromatic ring is 1. The van der Waals surface area contributed by atoms with Crippen LogP contribution in [0.3, 0.4) is 0 Å². The van der Waals surface area contributed by atoms with Crippen LogP contribution in [0.1, 0.15) is 12.8 Å². The standard InChI is InChI=1S/C10H13N3OS/c11-8-2-1-5-12-10(8)15-6-9(14)13-7-3-4-7/h1-2,5,7H,3-4,6,11H2,(H,13,14). The number of carbonyl (C=O) groups is 1. The summed E-state index contributed by atoms with van der Waals surface area (Å²) in [4.78, 5) is 15.5. The molecule has 0 spiro atoms. The van der Waals surface area contributed by atoms with E-state index in [1.165, 1.54) is 11.8 Å². The van der Waals surface area contributed by atoms with Gasteiger partial charge in [-0.3, -0.25) is 4.79 Å². The second-order valence-corrected chi connectivity index (χ2v) is 4.49. The zero-order chi connectivity index (χ0) is 10.7. The minimum Gasteiger partial charge on any atom is -0.397 e. The molecule has 0 bridgehead atoms. The molecule has 0 unspecified atom stereocenters. The van der Waals surface area contributed by atoms with Crippen LogP contribution in [0.15, 0.2) is 23.4 Å². The number of hydrogen-bond donors (Lipinski definition) is 2. The lowest BCUT2D eigenvalue weighted by Crippen LogP contribution is -2.27. The van der Waals surface area contributed by atoms with Gasteiger partial charge in [-0.2, -0.15) is 0 Å². The SMILES string of the molecule is Nc1cccnc1SCC(=O)NC1CC1. The lowest BCUT2D eigenvalue weighted by atomic mass is 10.4. The van der Waals surface area contributed by atoms with E-state index >= 15 is 0 Å². The third kappa shape index (κ3) is 3.13. The highest BCUT2D eigenvalue weighted by molar-refractivity contribution is 8.00. The normalized spacial score (nSPS) is 14.9. The molecule has 1 aromatic rings. The maximum Gasteiger partial charge on any atom is 0.230 e. The van der Waals surface area contributed by atoms with Gasteiger partial charge in [0.05, 0.1) is 11.4 Å². The molecular formula is C10H13N3OS. The first-order chi connectivity index (χ1) is 7.25. The molecule has 1 heterocycles. The highest BCUT2D eigenvalue weighted by Crippen LogP contribution is 2.22. The van der Waals surface area contributed by atoms with Crippen LogP contribution in [0, 0.1) is 0 Å². The number of nitrogens with one attached hydrogen (secondary N) is 1. The zero-order valence-electron chi connectivity index (χ0n) is 8.27. The molecule has 1 amide bonds. The van der Waals surface area contributed by atoms with E-state index in [1.807, 2.05) is 0 Å². The van der Waals surface area contributed by atoms with Crippen LogP contribution in [0.5, 0.6) is 0 Å². The van der Waals surface area contributed by atoms with Gasteiger partial charge in [-0.15, -0.1) is 0 Å². The number of amides is 1. The van der Waals surface area contributed by atoms with Crippen molar-refractivity contribution in [2.45, 2.75) is 23.9 Å². The van der Waals surface area contributed by atoms with Crippen LogP contribution in [0.4, 0.5) is 5.69 Å². The van der Waals surface area contributed by atoms with Crippen molar-refractivity contribution < 1.29 is 4.79 Å². The first-order valence-corrected chi connectivity index (χ1v) is 5.87. The van der Waals surface area contributed by atoms with Crippen molar-refractivity contribution in [1.29, 1.82) is 0 Å². The van der Waals surface area contributed by atoms with Gasteiger partial charge < -0.3 is 11.1 Å². The number of rotatable bonds is 4. The van der Waals surface area contributed by atoms with Gasteiger partial charge in [0.2, 0.25) is 5.91 Å². The van der Waals surface area contributed by atoms with E-state index in [-0.39, 0.29) is 5.91 Å². The van der Waals surface area contributed by atoms with Gasteiger partial charge in [0.15, 0.2) is 0 Å². The summed E-state index contributed by atoms with van der Waals surface area (Å²) in [7, 11) is 0. The Balaban J connectivity index is 1.81. The van der Waals surface area contributed by atoms with Crippen LogP contribution in [0.2, 0.25) is 0 Å². The van der Waals surface area contributed by atoms with E-state index in [0.29, 0.717) is 17.5 Å². The number of hydrogen-bond acceptors (Lipinski definition) is 4. The molecule has 2 rings (SSSR count). The summed E-state index contributed by atoms with van der Waals surface area (Å²) in [6.07, 6.45) is 3.90. The third-order valence-corrected chi connectivity index (χ3v) is 3.10. The predicted octanol–water partition coefficient (Wildman–Crippen LogP) is 1.03. The first kappa shape index (κ1) is 10.3. The largest absolute Gasteiger partial charge is 0.397 e. The Morgan fingerprint density at radius 2 is 2.47 bits per heavy atom. The van der Waals surface area contributed by atoms with Crippen molar-refractivity contribution in [2.75, 3.05) is 11.5 Å². The smallest absolute Gasteiger partial charge is 0.230 e. The van der Waals surface area contributed by atoms with Crippen molar-refractivity contribution in [3.63, 3.8) is 0 Å². The molecule has 15 heavy (non-hydrogen) atoms. The first-order valence-electron chi connectivity index (χ1n) is 4.88. The van der Waals surface area contributed by atoms with E-state index in [4.69, 9.17) is 5.73 Å². The van der Waals surface area contributed by atoms with Crippen LogP contribution < -0.4 is 11.1 Å². The topological polar surface area (TPSA) is 68.0 Å². The second-order valence-electron chi connectivity index (χ2n) is 3.53. The van der Waals surface area contributed by atoms with Crippen LogP contribution >= 0.6 is 11.8 Å². The zero-order valence-corrected chi connectivity index (χ0v) is 9.09. The predicted molar refractivity (Wildman–Crippen MR) is 60.5 cm³/mol. The highest BCUT2D eigenvalue weighted by Gasteiger charge is 2.23. The molecule has 1 saturated carbocycles. The number of carbonyl (C=O) groups excluding carboxylic acids is 1. The van der Waals surface area contributed by atoms with E-state index < -0.39 is 0 Å². The quantitative estimate of drug-likeness (QED) is 0.748. The maximum absolute atomic E-state index is 11.4. The molecule has 5 heteroatoms. The number of nitrogens with two attached hydrogens (primary N) is 1. The average Bonchev–Trinajstić information content (AvgIpc) is 3.00. The number of aromatic nitrogens is 1. The fraction of sp³-hybridized carbons (Fsp3) is 0.400. The van der Waals surface area contributed by atoms with Gasteiger partial charge in [0.25, 0.3) is 0 Å². The molecule has 1 fully saturated rings. The maximum atomic E-state index is 11.4. The van der Waals surface area contributed by atoms with Crippen molar-refractivity contribution >= 4 is 23.4 Å². The molecule has 0 atom stereocenters. The Labute approximate surface area is 92.6 Å². The summed E-state index contributed by atoms with van der Waals surface area (Å²) >= 11 is 1.38. The van der Waals surface area contributed by atoms with Crippen LogP contribution in [-0.2, 0) is 4.79 Å². The summed E-state index contributed by atoms with van der Waals surface area (Å²) in [5.41, 5.74) is 6.33. The van der Waals surface area contributed by atoms with Crippen molar-refractivity contribution in [3.05, 3.63) is 18.3 Å². The van der Waals surface area contributed by atoms with E-state index in [2.05, 4.69) is 10.3 Å². The van der Waals surface area contributed by atoms with Gasteiger partial charge in [-0.25, -0.2) is 4.98 Å². The molecule has 1 aliphatic rings. The summed E-state index contributed by atoms with van der Waals surface area (Å²) in [5.74, 6) is 0.449. The second kappa shape index (κ2) is 4.53. The highest BCUT2D eigenvalue weighted by atomic mass is 32.2. The molecule has 1 aliphatic carbocycles. The van der Waals surface area contributed by atoms with Gasteiger partial charge in [0.1, 0.15) is 5.03 Å². The molecule has 4 nitrogen and oxygen atoms in total. The molecule has 0 aliphatic heterocycles. The van der Waals surface area contributed by atoms with Crippen LogP contribution in [-0.4, -0.2) is 22.7 Å². The van der Waals surface area contributed by atoms with Gasteiger partial charge in [-0.05, 0) is 25.0 Å². The summed E-state index contributed by atoms with van der Waals surface area (Å²) in [6, 6.07) is 3.98. The van der Waals surface area contributed by atoms with E-state index in [1.54, 1.807) is 18.3 Å². The molecule has 0 aromatic carbocycles. The van der Waals surface area contributed by atoms with Crippen molar-refractivity contribution in [3.8, 4) is 0 Å². The Hall–Kier alpha value is -1.23. The number of nitrogens with zero attached hydrogens (tertiary/aromatic N) is 1.